The van der Waals surface area contributed by atoms with Crippen LogP contribution >= 0.6 is 0 Å². The van der Waals surface area contributed by atoms with Crippen molar-refractivity contribution < 1.29 is 0 Å². The van der Waals surface area contributed by atoms with Crippen LogP contribution in [-0.4, -0.2) is 29.1 Å². The molecule has 1 saturated heterocycles. The van der Waals surface area contributed by atoms with Gasteiger partial charge in [-0.1, -0.05) is 18.2 Å². The molecular weight excluding hydrogens is 200 g/mol. The van der Waals surface area contributed by atoms with Gasteiger partial charge in [-0.25, -0.2) is 9.97 Å². The van der Waals surface area contributed by atoms with E-state index in [1.54, 1.807) is 0 Å². The lowest BCUT2D eigenvalue weighted by atomic mass is 10.2. The molecule has 1 aliphatic rings. The number of fused-ring (bicyclic) bond motifs is 1. The second-order valence-corrected chi connectivity index (χ2v) is 4.09. The van der Waals surface area contributed by atoms with Gasteiger partial charge in [0.1, 0.15) is 0 Å². The standard InChI is InChI=1S/C12H14N4/c1-2-4-11-9(3-1)7-14-12(16-11)15-10-5-6-13-8-10/h1-4,7,10,13H,5-6,8H2,(H,14,15,16)/t10-/m1/s1. The average molecular weight is 214 g/mol. The van der Waals surface area contributed by atoms with Crippen LogP contribution in [-0.2, 0) is 0 Å². The number of hydrogen-bond acceptors (Lipinski definition) is 4. The van der Waals surface area contributed by atoms with Crippen LogP contribution < -0.4 is 10.6 Å². The van der Waals surface area contributed by atoms with E-state index in [4.69, 9.17) is 0 Å². The molecular formula is C12H14N4. The summed E-state index contributed by atoms with van der Waals surface area (Å²) in [5.41, 5.74) is 0.992. The molecule has 1 aromatic carbocycles. The Labute approximate surface area is 94.1 Å². The van der Waals surface area contributed by atoms with Crippen LogP contribution in [0.15, 0.2) is 30.5 Å². The van der Waals surface area contributed by atoms with Crippen LogP contribution in [0.3, 0.4) is 0 Å². The summed E-state index contributed by atoms with van der Waals surface area (Å²) in [6.45, 7) is 2.07. The lowest BCUT2D eigenvalue weighted by Crippen LogP contribution is -2.23. The molecule has 0 saturated carbocycles. The number of para-hydroxylation sites is 1. The summed E-state index contributed by atoms with van der Waals surface area (Å²) in [4.78, 5) is 8.81. The van der Waals surface area contributed by atoms with Crippen LogP contribution in [0.2, 0.25) is 0 Å². The van der Waals surface area contributed by atoms with Gasteiger partial charge in [0, 0.05) is 24.2 Å². The minimum absolute atomic E-state index is 0.459. The summed E-state index contributed by atoms with van der Waals surface area (Å²) in [6.07, 6.45) is 3.00. The van der Waals surface area contributed by atoms with Gasteiger partial charge >= 0.3 is 0 Å². The Hall–Kier alpha value is -1.68. The van der Waals surface area contributed by atoms with Crippen molar-refractivity contribution in [2.24, 2.45) is 0 Å². The van der Waals surface area contributed by atoms with E-state index in [0.717, 1.165) is 36.4 Å². The van der Waals surface area contributed by atoms with Crippen LogP contribution in [0.4, 0.5) is 5.95 Å². The number of nitrogens with zero attached hydrogens (tertiary/aromatic N) is 2. The molecule has 1 fully saturated rings. The molecule has 3 rings (SSSR count). The van der Waals surface area contributed by atoms with Gasteiger partial charge in [-0.3, -0.25) is 0 Å². The van der Waals surface area contributed by atoms with Crippen molar-refractivity contribution in [3.8, 4) is 0 Å². The predicted octanol–water partition coefficient (Wildman–Crippen LogP) is 1.40. The predicted molar refractivity (Wildman–Crippen MR) is 64.4 cm³/mol. The molecule has 2 aromatic rings. The summed E-state index contributed by atoms with van der Waals surface area (Å²) in [7, 11) is 0. The number of hydrogen-bond donors (Lipinski definition) is 2. The van der Waals surface area contributed by atoms with E-state index in [-0.39, 0.29) is 0 Å². The van der Waals surface area contributed by atoms with Crippen molar-refractivity contribution in [2.75, 3.05) is 18.4 Å². The largest absolute Gasteiger partial charge is 0.350 e. The highest BCUT2D eigenvalue weighted by atomic mass is 15.1. The smallest absolute Gasteiger partial charge is 0.223 e. The molecule has 2 N–H and O–H groups in total. The number of anilines is 1. The van der Waals surface area contributed by atoms with Gasteiger partial charge in [0.05, 0.1) is 5.52 Å². The fourth-order valence-corrected chi connectivity index (χ4v) is 2.00. The van der Waals surface area contributed by atoms with E-state index < -0.39 is 0 Å². The monoisotopic (exact) mass is 214 g/mol. The van der Waals surface area contributed by atoms with E-state index in [2.05, 4.69) is 20.6 Å². The maximum atomic E-state index is 4.49. The molecule has 0 spiro atoms. The van der Waals surface area contributed by atoms with Crippen LogP contribution in [0, 0.1) is 0 Å². The maximum absolute atomic E-state index is 4.49. The number of aromatic nitrogens is 2. The maximum Gasteiger partial charge on any atom is 0.223 e. The molecule has 2 heterocycles. The summed E-state index contributed by atoms with van der Waals surface area (Å²) in [5, 5.41) is 7.74. The van der Waals surface area contributed by atoms with E-state index in [9.17, 15) is 0 Å². The Balaban J connectivity index is 1.86. The zero-order valence-electron chi connectivity index (χ0n) is 8.98. The summed E-state index contributed by atoms with van der Waals surface area (Å²) >= 11 is 0. The molecule has 1 aromatic heterocycles. The van der Waals surface area contributed by atoms with Crippen molar-refractivity contribution in [1.29, 1.82) is 0 Å². The van der Waals surface area contributed by atoms with Gasteiger partial charge in [-0.15, -0.1) is 0 Å². The molecule has 4 nitrogen and oxygen atoms in total. The summed E-state index contributed by atoms with van der Waals surface area (Å²) in [5.74, 6) is 0.729. The van der Waals surface area contributed by atoms with Crippen molar-refractivity contribution in [1.82, 2.24) is 15.3 Å². The van der Waals surface area contributed by atoms with Crippen molar-refractivity contribution in [3.63, 3.8) is 0 Å². The number of rotatable bonds is 2. The van der Waals surface area contributed by atoms with E-state index in [0.29, 0.717) is 6.04 Å². The number of benzene rings is 1. The summed E-state index contributed by atoms with van der Waals surface area (Å²) < 4.78 is 0. The first-order valence-corrected chi connectivity index (χ1v) is 5.61. The molecule has 0 aliphatic carbocycles. The Morgan fingerprint density at radius 3 is 3.12 bits per heavy atom. The topological polar surface area (TPSA) is 49.8 Å². The Morgan fingerprint density at radius 2 is 2.25 bits per heavy atom. The fraction of sp³-hybridized carbons (Fsp3) is 0.333. The second kappa shape index (κ2) is 4.06. The highest BCUT2D eigenvalue weighted by Crippen LogP contribution is 2.13. The van der Waals surface area contributed by atoms with Crippen LogP contribution in [0.25, 0.3) is 10.9 Å². The molecule has 4 heteroatoms. The zero-order chi connectivity index (χ0) is 10.8. The third-order valence-corrected chi connectivity index (χ3v) is 2.88. The highest BCUT2D eigenvalue weighted by Gasteiger charge is 2.14. The molecule has 1 aliphatic heterocycles. The molecule has 82 valence electrons. The molecule has 0 unspecified atom stereocenters. The van der Waals surface area contributed by atoms with Gasteiger partial charge in [-0.05, 0) is 19.0 Å². The van der Waals surface area contributed by atoms with Gasteiger partial charge in [0.2, 0.25) is 5.95 Å². The Bertz CT molecular complexity index is 491. The average Bonchev–Trinajstić information content (AvgIpc) is 2.82. The third-order valence-electron chi connectivity index (χ3n) is 2.88. The minimum Gasteiger partial charge on any atom is -0.350 e. The van der Waals surface area contributed by atoms with Gasteiger partial charge in [0.15, 0.2) is 0 Å². The van der Waals surface area contributed by atoms with E-state index >= 15 is 0 Å². The van der Waals surface area contributed by atoms with Crippen molar-refractivity contribution in [2.45, 2.75) is 12.5 Å². The first-order chi connectivity index (χ1) is 7.92. The van der Waals surface area contributed by atoms with Gasteiger partial charge in [0.25, 0.3) is 0 Å². The number of nitrogens with one attached hydrogen (secondary N) is 2. The van der Waals surface area contributed by atoms with Gasteiger partial charge in [-0.2, -0.15) is 0 Å². The van der Waals surface area contributed by atoms with Crippen LogP contribution in [0.1, 0.15) is 6.42 Å². The molecule has 16 heavy (non-hydrogen) atoms. The Kier molecular flexibility index (Phi) is 2.42. The van der Waals surface area contributed by atoms with Crippen molar-refractivity contribution >= 4 is 16.9 Å². The second-order valence-electron chi connectivity index (χ2n) is 4.09. The lowest BCUT2D eigenvalue weighted by molar-refractivity contribution is 0.782. The lowest BCUT2D eigenvalue weighted by Gasteiger charge is -2.10. The molecule has 0 bridgehead atoms. The zero-order valence-corrected chi connectivity index (χ0v) is 8.98. The first kappa shape index (κ1) is 9.54. The Morgan fingerprint density at radius 1 is 1.31 bits per heavy atom. The minimum atomic E-state index is 0.459. The van der Waals surface area contributed by atoms with E-state index in [1.165, 1.54) is 0 Å². The fourth-order valence-electron chi connectivity index (χ4n) is 2.00. The first-order valence-electron chi connectivity index (χ1n) is 5.61. The van der Waals surface area contributed by atoms with Gasteiger partial charge < -0.3 is 10.6 Å². The quantitative estimate of drug-likeness (QED) is 0.793. The van der Waals surface area contributed by atoms with Crippen molar-refractivity contribution in [3.05, 3.63) is 30.5 Å². The third kappa shape index (κ3) is 1.84. The molecule has 0 amide bonds. The van der Waals surface area contributed by atoms with E-state index in [1.807, 2.05) is 30.5 Å². The summed E-state index contributed by atoms with van der Waals surface area (Å²) in [6, 6.07) is 8.49. The SMILES string of the molecule is c1ccc2nc(N[C@@H]3CCNC3)ncc2c1. The molecule has 1 atom stereocenters. The van der Waals surface area contributed by atoms with Crippen LogP contribution in [0.5, 0.6) is 0 Å². The highest BCUT2D eigenvalue weighted by molar-refractivity contribution is 5.78. The normalized spacial score (nSPS) is 20.1. The molecule has 0 radical (unpaired) electrons.